The van der Waals surface area contributed by atoms with E-state index in [-0.39, 0.29) is 24.3 Å². The molecule has 182 valence electrons. The monoisotopic (exact) mass is 468 g/mol. The SMILES string of the molecule is Cc1ccc(CN(C(=O)Cc2ccccc2C)C(Cc2ccccc2)C(=O)NC2CCCC2)cc1. The zero-order valence-corrected chi connectivity index (χ0v) is 20.9. The second-order valence-corrected chi connectivity index (χ2v) is 9.81. The second kappa shape index (κ2) is 11.8. The molecule has 4 rings (SSSR count). The highest BCUT2D eigenvalue weighted by molar-refractivity contribution is 5.89. The first kappa shape index (κ1) is 24.7. The topological polar surface area (TPSA) is 49.4 Å². The normalized spacial score (nSPS) is 14.5. The Morgan fingerprint density at radius 3 is 2.20 bits per heavy atom. The van der Waals surface area contributed by atoms with Crippen molar-refractivity contribution in [3.05, 3.63) is 107 Å². The third-order valence-corrected chi connectivity index (χ3v) is 7.05. The van der Waals surface area contributed by atoms with Crippen LogP contribution in [0.1, 0.15) is 53.5 Å². The summed E-state index contributed by atoms with van der Waals surface area (Å²) in [6.45, 7) is 4.49. The highest BCUT2D eigenvalue weighted by Crippen LogP contribution is 2.21. The molecule has 0 saturated heterocycles. The van der Waals surface area contributed by atoms with Crippen molar-refractivity contribution in [1.82, 2.24) is 10.2 Å². The van der Waals surface area contributed by atoms with Gasteiger partial charge in [-0.05, 0) is 48.9 Å². The molecular formula is C31H36N2O2. The smallest absolute Gasteiger partial charge is 0.243 e. The molecule has 1 aliphatic rings. The Balaban J connectivity index is 1.66. The van der Waals surface area contributed by atoms with Gasteiger partial charge in [-0.15, -0.1) is 0 Å². The Bertz CT molecular complexity index is 1120. The van der Waals surface area contributed by atoms with E-state index in [1.807, 2.05) is 61.5 Å². The summed E-state index contributed by atoms with van der Waals surface area (Å²) >= 11 is 0. The molecule has 1 fully saturated rings. The van der Waals surface area contributed by atoms with Gasteiger partial charge in [-0.3, -0.25) is 9.59 Å². The van der Waals surface area contributed by atoms with Crippen LogP contribution in [-0.2, 0) is 29.0 Å². The van der Waals surface area contributed by atoms with Gasteiger partial charge in [0.25, 0.3) is 0 Å². The highest BCUT2D eigenvalue weighted by Gasteiger charge is 2.32. The molecule has 1 N–H and O–H groups in total. The Morgan fingerprint density at radius 1 is 0.857 bits per heavy atom. The molecule has 1 unspecified atom stereocenters. The van der Waals surface area contributed by atoms with Crippen LogP contribution in [0.4, 0.5) is 0 Å². The molecule has 35 heavy (non-hydrogen) atoms. The van der Waals surface area contributed by atoms with E-state index in [0.717, 1.165) is 47.9 Å². The average Bonchev–Trinajstić information content (AvgIpc) is 3.37. The van der Waals surface area contributed by atoms with Crippen LogP contribution in [-0.4, -0.2) is 28.8 Å². The van der Waals surface area contributed by atoms with Gasteiger partial charge in [0.1, 0.15) is 6.04 Å². The van der Waals surface area contributed by atoms with Gasteiger partial charge in [-0.1, -0.05) is 97.3 Å². The summed E-state index contributed by atoms with van der Waals surface area (Å²) in [5, 5.41) is 3.27. The number of hydrogen-bond donors (Lipinski definition) is 1. The van der Waals surface area contributed by atoms with Crippen molar-refractivity contribution in [2.45, 2.75) is 71.0 Å². The fraction of sp³-hybridized carbons (Fsp3) is 0.355. The van der Waals surface area contributed by atoms with Gasteiger partial charge in [-0.25, -0.2) is 0 Å². The number of nitrogens with zero attached hydrogens (tertiary/aromatic N) is 1. The van der Waals surface area contributed by atoms with Crippen molar-refractivity contribution in [2.24, 2.45) is 0 Å². The number of carbonyl (C=O) groups is 2. The summed E-state index contributed by atoms with van der Waals surface area (Å²) in [6.07, 6.45) is 5.09. The van der Waals surface area contributed by atoms with E-state index in [1.165, 1.54) is 5.56 Å². The minimum Gasteiger partial charge on any atom is -0.352 e. The molecule has 0 spiro atoms. The zero-order valence-electron chi connectivity index (χ0n) is 20.9. The summed E-state index contributed by atoms with van der Waals surface area (Å²) in [5.41, 5.74) is 5.34. The van der Waals surface area contributed by atoms with E-state index in [1.54, 1.807) is 4.90 Å². The maximum atomic E-state index is 13.9. The average molecular weight is 469 g/mol. The predicted molar refractivity (Wildman–Crippen MR) is 141 cm³/mol. The van der Waals surface area contributed by atoms with Crippen molar-refractivity contribution in [2.75, 3.05) is 0 Å². The van der Waals surface area contributed by atoms with E-state index < -0.39 is 6.04 Å². The van der Waals surface area contributed by atoms with Gasteiger partial charge in [0, 0.05) is 19.0 Å². The first-order valence-electron chi connectivity index (χ1n) is 12.7. The fourth-order valence-electron chi connectivity index (χ4n) is 4.88. The third-order valence-electron chi connectivity index (χ3n) is 7.05. The van der Waals surface area contributed by atoms with Crippen LogP contribution in [0.5, 0.6) is 0 Å². The van der Waals surface area contributed by atoms with E-state index in [4.69, 9.17) is 0 Å². The number of carbonyl (C=O) groups excluding carboxylic acids is 2. The molecule has 1 saturated carbocycles. The highest BCUT2D eigenvalue weighted by atomic mass is 16.2. The lowest BCUT2D eigenvalue weighted by Crippen LogP contribution is -2.52. The minimum absolute atomic E-state index is 0.0256. The van der Waals surface area contributed by atoms with Crippen LogP contribution in [0.25, 0.3) is 0 Å². The Kier molecular flexibility index (Phi) is 8.36. The Hall–Kier alpha value is -3.40. The summed E-state index contributed by atoms with van der Waals surface area (Å²) in [4.78, 5) is 29.4. The first-order valence-corrected chi connectivity index (χ1v) is 12.7. The number of aryl methyl sites for hydroxylation is 2. The first-order chi connectivity index (χ1) is 17.0. The van der Waals surface area contributed by atoms with Crippen molar-refractivity contribution >= 4 is 11.8 Å². The number of amides is 2. The van der Waals surface area contributed by atoms with Crippen molar-refractivity contribution in [3.8, 4) is 0 Å². The summed E-state index contributed by atoms with van der Waals surface area (Å²) < 4.78 is 0. The largest absolute Gasteiger partial charge is 0.352 e. The van der Waals surface area contributed by atoms with Crippen LogP contribution < -0.4 is 5.32 Å². The van der Waals surface area contributed by atoms with Gasteiger partial charge in [0.05, 0.1) is 6.42 Å². The summed E-state index contributed by atoms with van der Waals surface area (Å²) in [7, 11) is 0. The van der Waals surface area contributed by atoms with Crippen LogP contribution in [0.2, 0.25) is 0 Å². The van der Waals surface area contributed by atoms with Crippen LogP contribution in [0.15, 0.2) is 78.9 Å². The van der Waals surface area contributed by atoms with Crippen LogP contribution >= 0.6 is 0 Å². The molecule has 1 atom stereocenters. The molecule has 1 aliphatic carbocycles. The van der Waals surface area contributed by atoms with E-state index >= 15 is 0 Å². The lowest BCUT2D eigenvalue weighted by atomic mass is 10.00. The molecule has 2 amide bonds. The standard InChI is InChI=1S/C31H36N2O2/c1-23-16-18-26(19-17-23)22-33(30(34)21-27-13-7-6-10-24(27)2)29(20-25-11-4-3-5-12-25)31(35)32-28-14-8-9-15-28/h3-7,10-13,16-19,28-29H,8-9,14-15,20-22H2,1-2H3,(H,32,35). The third kappa shape index (κ3) is 6.82. The van der Waals surface area contributed by atoms with Crippen LogP contribution in [0, 0.1) is 13.8 Å². The molecule has 0 aromatic heterocycles. The maximum Gasteiger partial charge on any atom is 0.243 e. The number of hydrogen-bond acceptors (Lipinski definition) is 2. The van der Waals surface area contributed by atoms with Gasteiger partial charge in [0.15, 0.2) is 0 Å². The molecule has 0 bridgehead atoms. The number of benzene rings is 3. The molecule has 3 aromatic carbocycles. The molecule has 3 aromatic rings. The lowest BCUT2D eigenvalue weighted by molar-refractivity contribution is -0.141. The minimum atomic E-state index is -0.573. The van der Waals surface area contributed by atoms with Gasteiger partial charge in [-0.2, -0.15) is 0 Å². The quantitative estimate of drug-likeness (QED) is 0.448. The maximum absolute atomic E-state index is 13.9. The van der Waals surface area contributed by atoms with Crippen molar-refractivity contribution in [3.63, 3.8) is 0 Å². The van der Waals surface area contributed by atoms with Crippen LogP contribution in [0.3, 0.4) is 0 Å². The fourth-order valence-corrected chi connectivity index (χ4v) is 4.88. The van der Waals surface area contributed by atoms with Crippen molar-refractivity contribution in [1.29, 1.82) is 0 Å². The van der Waals surface area contributed by atoms with E-state index in [9.17, 15) is 9.59 Å². The molecule has 0 heterocycles. The molecule has 0 aliphatic heterocycles. The van der Waals surface area contributed by atoms with Gasteiger partial charge >= 0.3 is 0 Å². The molecule has 4 heteroatoms. The Morgan fingerprint density at radius 2 is 1.51 bits per heavy atom. The lowest BCUT2D eigenvalue weighted by Gasteiger charge is -2.32. The number of rotatable bonds is 9. The predicted octanol–water partition coefficient (Wildman–Crippen LogP) is 5.54. The van der Waals surface area contributed by atoms with Crippen molar-refractivity contribution < 1.29 is 9.59 Å². The molecule has 4 nitrogen and oxygen atoms in total. The Labute approximate surface area is 209 Å². The van der Waals surface area contributed by atoms with E-state index in [2.05, 4.69) is 36.5 Å². The summed E-state index contributed by atoms with van der Waals surface area (Å²) in [6, 6.07) is 25.9. The van der Waals surface area contributed by atoms with E-state index in [0.29, 0.717) is 13.0 Å². The van der Waals surface area contributed by atoms with Gasteiger partial charge < -0.3 is 10.2 Å². The zero-order chi connectivity index (χ0) is 24.6. The summed E-state index contributed by atoms with van der Waals surface area (Å²) in [5.74, 6) is -0.0756. The molecule has 0 radical (unpaired) electrons. The van der Waals surface area contributed by atoms with Gasteiger partial charge in [0.2, 0.25) is 11.8 Å². The second-order valence-electron chi connectivity index (χ2n) is 9.81. The number of nitrogens with one attached hydrogen (secondary N) is 1. The molecular weight excluding hydrogens is 432 g/mol.